The third-order valence-corrected chi connectivity index (χ3v) is 7.96. The summed E-state index contributed by atoms with van der Waals surface area (Å²) in [6, 6.07) is 10.9. The lowest BCUT2D eigenvalue weighted by Crippen LogP contribution is -2.37. The van der Waals surface area contributed by atoms with Gasteiger partial charge < -0.3 is 4.42 Å². The Bertz CT molecular complexity index is 987. The van der Waals surface area contributed by atoms with Crippen molar-refractivity contribution in [3.05, 3.63) is 53.2 Å². The van der Waals surface area contributed by atoms with Crippen molar-refractivity contribution >= 4 is 21.4 Å². The lowest BCUT2D eigenvalue weighted by molar-refractivity contribution is 0.318. The molecule has 8 heteroatoms. The largest absolute Gasteiger partial charge is 0.462 e. The van der Waals surface area contributed by atoms with Crippen LogP contribution in [-0.4, -0.2) is 36.0 Å². The molecular formula is C19H21N3O3S2. The van der Waals surface area contributed by atoms with Crippen LogP contribution < -0.4 is 0 Å². The molecule has 0 unspecified atom stereocenters. The van der Waals surface area contributed by atoms with Gasteiger partial charge in [-0.2, -0.15) is 4.31 Å². The van der Waals surface area contributed by atoms with E-state index in [1.807, 2.05) is 24.3 Å². The van der Waals surface area contributed by atoms with Gasteiger partial charge in [-0.3, -0.25) is 0 Å². The number of furan rings is 1. The molecule has 0 amide bonds. The number of sulfonamides is 1. The van der Waals surface area contributed by atoms with Gasteiger partial charge in [-0.25, -0.2) is 8.42 Å². The molecular weight excluding hydrogens is 382 g/mol. The maximum Gasteiger partial charge on any atom is 0.243 e. The number of aromatic nitrogens is 2. The van der Waals surface area contributed by atoms with Crippen LogP contribution in [0.2, 0.25) is 0 Å². The first-order chi connectivity index (χ1) is 13.1. The number of rotatable bonds is 5. The minimum absolute atomic E-state index is 0.236. The highest BCUT2D eigenvalue weighted by molar-refractivity contribution is 7.89. The minimum atomic E-state index is -3.44. The average molecular weight is 404 g/mol. The first-order valence-corrected chi connectivity index (χ1v) is 11.3. The fourth-order valence-electron chi connectivity index (χ4n) is 3.29. The molecule has 0 N–H and O–H groups in total. The Hall–Kier alpha value is -2.03. The van der Waals surface area contributed by atoms with E-state index in [-0.39, 0.29) is 5.92 Å². The van der Waals surface area contributed by atoms with Gasteiger partial charge in [0.05, 0.1) is 11.2 Å². The number of piperidine rings is 1. The molecule has 0 bridgehead atoms. The summed E-state index contributed by atoms with van der Waals surface area (Å²) in [5.41, 5.74) is 1.14. The smallest absolute Gasteiger partial charge is 0.243 e. The van der Waals surface area contributed by atoms with Crippen LogP contribution in [0.4, 0.5) is 0 Å². The van der Waals surface area contributed by atoms with Crippen molar-refractivity contribution in [3.63, 3.8) is 0 Å². The molecule has 3 aromatic rings. The van der Waals surface area contributed by atoms with Gasteiger partial charge in [0.1, 0.15) is 5.01 Å². The molecule has 0 saturated carbocycles. The van der Waals surface area contributed by atoms with E-state index in [1.54, 1.807) is 22.7 Å². The van der Waals surface area contributed by atoms with E-state index in [1.165, 1.54) is 11.3 Å². The van der Waals surface area contributed by atoms with Gasteiger partial charge in [-0.15, -0.1) is 10.2 Å². The van der Waals surface area contributed by atoms with Crippen molar-refractivity contribution in [2.75, 3.05) is 13.1 Å². The highest BCUT2D eigenvalue weighted by Crippen LogP contribution is 2.34. The van der Waals surface area contributed by atoms with E-state index in [4.69, 9.17) is 4.42 Å². The summed E-state index contributed by atoms with van der Waals surface area (Å²) in [4.78, 5) is 0.370. The van der Waals surface area contributed by atoms with Gasteiger partial charge in [-0.05, 0) is 49.1 Å². The molecule has 4 rings (SSSR count). The third-order valence-electron chi connectivity index (χ3n) is 4.95. The SMILES string of the molecule is CCc1ccc(S(=O)(=O)N2CCC(c3nnc(-c4ccco4)s3)CC2)cc1. The summed E-state index contributed by atoms with van der Waals surface area (Å²) in [7, 11) is -3.44. The molecule has 1 fully saturated rings. The molecule has 27 heavy (non-hydrogen) atoms. The van der Waals surface area contributed by atoms with Gasteiger partial charge in [0, 0.05) is 19.0 Å². The second-order valence-corrected chi connectivity index (χ2v) is 9.55. The van der Waals surface area contributed by atoms with Gasteiger partial charge in [0.25, 0.3) is 0 Å². The van der Waals surface area contributed by atoms with Crippen LogP contribution in [0.25, 0.3) is 10.8 Å². The number of nitrogens with zero attached hydrogens (tertiary/aromatic N) is 3. The van der Waals surface area contributed by atoms with E-state index >= 15 is 0 Å². The Morgan fingerprint density at radius 2 is 1.89 bits per heavy atom. The average Bonchev–Trinajstić information content (AvgIpc) is 3.40. The minimum Gasteiger partial charge on any atom is -0.462 e. The molecule has 1 saturated heterocycles. The first-order valence-electron chi connectivity index (χ1n) is 9.04. The zero-order chi connectivity index (χ0) is 18.9. The van der Waals surface area contributed by atoms with Crippen LogP contribution in [0.15, 0.2) is 52.0 Å². The molecule has 0 aliphatic carbocycles. The Morgan fingerprint density at radius 3 is 2.52 bits per heavy atom. The summed E-state index contributed by atoms with van der Waals surface area (Å²) < 4.78 is 32.7. The Labute approximate surface area is 162 Å². The van der Waals surface area contributed by atoms with Gasteiger partial charge in [0.15, 0.2) is 10.8 Å². The maximum absolute atomic E-state index is 12.9. The summed E-state index contributed by atoms with van der Waals surface area (Å²) in [5, 5.41) is 10.2. The van der Waals surface area contributed by atoms with Gasteiger partial charge in [0.2, 0.25) is 10.0 Å². The predicted octanol–water partition coefficient (Wildman–Crippen LogP) is 3.93. The van der Waals surface area contributed by atoms with Crippen LogP contribution in [-0.2, 0) is 16.4 Å². The molecule has 6 nitrogen and oxygen atoms in total. The zero-order valence-corrected chi connectivity index (χ0v) is 16.7. The van der Waals surface area contributed by atoms with Crippen molar-refractivity contribution < 1.29 is 12.8 Å². The Morgan fingerprint density at radius 1 is 1.15 bits per heavy atom. The quantitative estimate of drug-likeness (QED) is 0.645. The summed E-state index contributed by atoms with van der Waals surface area (Å²) >= 11 is 1.52. The third kappa shape index (κ3) is 3.69. The summed E-state index contributed by atoms with van der Waals surface area (Å²) in [6.07, 6.45) is 4.01. The van der Waals surface area contributed by atoms with E-state index in [9.17, 15) is 8.42 Å². The van der Waals surface area contributed by atoms with Gasteiger partial charge >= 0.3 is 0 Å². The van der Waals surface area contributed by atoms with Crippen molar-refractivity contribution in [1.29, 1.82) is 0 Å². The molecule has 3 heterocycles. The number of hydrogen-bond donors (Lipinski definition) is 0. The molecule has 2 aromatic heterocycles. The van der Waals surface area contributed by atoms with E-state index in [0.717, 1.165) is 34.8 Å². The van der Waals surface area contributed by atoms with Crippen LogP contribution in [0.1, 0.15) is 36.3 Å². The topological polar surface area (TPSA) is 76.3 Å². The molecule has 1 aromatic carbocycles. The van der Waals surface area contributed by atoms with Crippen LogP contribution >= 0.6 is 11.3 Å². The summed E-state index contributed by atoms with van der Waals surface area (Å²) in [6.45, 7) is 3.05. The van der Waals surface area contributed by atoms with Crippen LogP contribution in [0.5, 0.6) is 0 Å². The normalized spacial score (nSPS) is 16.6. The summed E-state index contributed by atoms with van der Waals surface area (Å²) in [5.74, 6) is 0.953. The van der Waals surface area contributed by atoms with E-state index in [0.29, 0.717) is 23.7 Å². The molecule has 0 atom stereocenters. The maximum atomic E-state index is 12.9. The fourth-order valence-corrected chi connectivity index (χ4v) is 5.74. The molecule has 0 spiro atoms. The fraction of sp³-hybridized carbons (Fsp3) is 0.368. The molecule has 1 aliphatic rings. The first kappa shape index (κ1) is 18.3. The van der Waals surface area contributed by atoms with Gasteiger partial charge in [-0.1, -0.05) is 30.4 Å². The van der Waals surface area contributed by atoms with Crippen molar-refractivity contribution in [1.82, 2.24) is 14.5 Å². The molecule has 0 radical (unpaired) electrons. The lowest BCUT2D eigenvalue weighted by atomic mass is 9.99. The number of hydrogen-bond acceptors (Lipinski definition) is 6. The monoisotopic (exact) mass is 403 g/mol. The van der Waals surface area contributed by atoms with E-state index in [2.05, 4.69) is 17.1 Å². The standard InChI is InChI=1S/C19H21N3O3S2/c1-2-14-5-7-16(8-6-14)27(23,24)22-11-9-15(10-12-22)18-20-21-19(26-18)17-4-3-13-25-17/h3-8,13,15H,2,9-12H2,1H3. The Kier molecular flexibility index (Phi) is 5.12. The second kappa shape index (κ2) is 7.53. The lowest BCUT2D eigenvalue weighted by Gasteiger charge is -2.30. The number of aryl methyl sites for hydroxylation is 1. The molecule has 142 valence electrons. The number of benzene rings is 1. The highest BCUT2D eigenvalue weighted by atomic mass is 32.2. The Balaban J connectivity index is 1.43. The van der Waals surface area contributed by atoms with E-state index < -0.39 is 10.0 Å². The van der Waals surface area contributed by atoms with Crippen LogP contribution in [0.3, 0.4) is 0 Å². The van der Waals surface area contributed by atoms with Crippen molar-refractivity contribution in [2.24, 2.45) is 0 Å². The van der Waals surface area contributed by atoms with Crippen molar-refractivity contribution in [2.45, 2.75) is 37.0 Å². The zero-order valence-electron chi connectivity index (χ0n) is 15.0. The van der Waals surface area contributed by atoms with Crippen molar-refractivity contribution in [3.8, 4) is 10.8 Å². The second-order valence-electron chi connectivity index (χ2n) is 6.60. The molecule has 1 aliphatic heterocycles. The predicted molar refractivity (Wildman–Crippen MR) is 104 cm³/mol. The highest BCUT2D eigenvalue weighted by Gasteiger charge is 2.31. The van der Waals surface area contributed by atoms with Crippen LogP contribution in [0, 0.1) is 0 Å².